The van der Waals surface area contributed by atoms with Gasteiger partial charge in [0.25, 0.3) is 0 Å². The fraction of sp³-hybridized carbons (Fsp3) is 0.0952. The molecule has 3 rings (SSSR count). The second-order valence-corrected chi connectivity index (χ2v) is 6.65. The van der Waals surface area contributed by atoms with E-state index in [9.17, 15) is 4.79 Å². The predicted molar refractivity (Wildman–Crippen MR) is 98.2 cm³/mol. The Bertz CT molecular complexity index is 836. The monoisotopic (exact) mass is 334 g/mol. The van der Waals surface area contributed by atoms with Crippen LogP contribution in [-0.2, 0) is 0 Å². The molecule has 0 unspecified atom stereocenters. The topological polar surface area (TPSA) is 26.3 Å². The Morgan fingerprint density at radius 3 is 2.08 bits per heavy atom. The first-order valence-electron chi connectivity index (χ1n) is 7.69. The Morgan fingerprint density at radius 2 is 1.46 bits per heavy atom. The van der Waals surface area contributed by atoms with E-state index in [2.05, 4.69) is 31.2 Å². The highest BCUT2D eigenvalue weighted by Gasteiger charge is 2.10. The normalized spacial score (nSPS) is 10.4. The number of carbonyl (C=O) groups excluding carboxylic acids is 1. The summed E-state index contributed by atoms with van der Waals surface area (Å²) in [5.74, 6) is 0.688. The molecule has 2 nitrogen and oxygen atoms in total. The molecule has 0 aliphatic carbocycles. The lowest BCUT2D eigenvalue weighted by atomic mass is 10.0. The van der Waals surface area contributed by atoms with E-state index in [0.29, 0.717) is 16.9 Å². The first kappa shape index (κ1) is 16.3. The Hall–Kier alpha value is -2.52. The van der Waals surface area contributed by atoms with Gasteiger partial charge in [-0.1, -0.05) is 41.6 Å². The highest BCUT2D eigenvalue weighted by Crippen LogP contribution is 2.28. The van der Waals surface area contributed by atoms with Crippen LogP contribution in [0.1, 0.15) is 21.5 Å². The van der Waals surface area contributed by atoms with Crippen LogP contribution >= 0.6 is 11.8 Å². The van der Waals surface area contributed by atoms with Crippen molar-refractivity contribution in [1.29, 1.82) is 0 Å². The molecule has 0 fully saturated rings. The zero-order valence-corrected chi connectivity index (χ0v) is 14.5. The van der Waals surface area contributed by atoms with Crippen LogP contribution in [0.5, 0.6) is 5.75 Å². The molecule has 0 radical (unpaired) electrons. The SMILES string of the molecule is COc1cccc(C(=O)c2ccc(Sc3ccc(C)cc3)cc2)c1. The van der Waals surface area contributed by atoms with E-state index >= 15 is 0 Å². The third-order valence-corrected chi connectivity index (χ3v) is 4.72. The van der Waals surface area contributed by atoms with Crippen LogP contribution in [0.15, 0.2) is 82.6 Å². The first-order chi connectivity index (χ1) is 11.7. The number of ketones is 1. The van der Waals surface area contributed by atoms with Gasteiger partial charge in [-0.25, -0.2) is 0 Å². The molecular formula is C21H18O2S. The van der Waals surface area contributed by atoms with Crippen LogP contribution < -0.4 is 4.74 Å². The highest BCUT2D eigenvalue weighted by molar-refractivity contribution is 7.99. The molecule has 24 heavy (non-hydrogen) atoms. The van der Waals surface area contributed by atoms with Crippen molar-refractivity contribution in [2.75, 3.05) is 7.11 Å². The summed E-state index contributed by atoms with van der Waals surface area (Å²) in [7, 11) is 1.60. The van der Waals surface area contributed by atoms with E-state index in [4.69, 9.17) is 4.74 Å². The molecule has 0 atom stereocenters. The summed E-state index contributed by atoms with van der Waals surface area (Å²) in [6.45, 7) is 2.08. The number of hydrogen-bond acceptors (Lipinski definition) is 3. The van der Waals surface area contributed by atoms with E-state index in [1.54, 1.807) is 31.0 Å². The van der Waals surface area contributed by atoms with Gasteiger partial charge < -0.3 is 4.74 Å². The van der Waals surface area contributed by atoms with Gasteiger partial charge in [0.2, 0.25) is 0 Å². The molecular weight excluding hydrogens is 316 g/mol. The zero-order valence-electron chi connectivity index (χ0n) is 13.7. The maximum absolute atomic E-state index is 12.6. The molecule has 0 N–H and O–H groups in total. The average Bonchev–Trinajstić information content (AvgIpc) is 2.64. The fourth-order valence-electron chi connectivity index (χ4n) is 2.35. The molecule has 0 spiro atoms. The molecule has 0 aliphatic heterocycles. The van der Waals surface area contributed by atoms with E-state index in [1.165, 1.54) is 10.5 Å². The standard InChI is InChI=1S/C21H18O2S/c1-15-6-10-19(11-7-15)24-20-12-8-16(9-13-20)21(22)17-4-3-5-18(14-17)23-2/h3-14H,1-2H3. The van der Waals surface area contributed by atoms with Crippen molar-refractivity contribution in [3.05, 3.63) is 89.5 Å². The molecule has 3 heteroatoms. The summed E-state index contributed by atoms with van der Waals surface area (Å²) < 4.78 is 5.18. The molecule has 0 amide bonds. The molecule has 3 aromatic carbocycles. The largest absolute Gasteiger partial charge is 0.497 e. The lowest BCUT2D eigenvalue weighted by Gasteiger charge is -2.06. The minimum Gasteiger partial charge on any atom is -0.497 e. The van der Waals surface area contributed by atoms with Crippen LogP contribution in [0.25, 0.3) is 0 Å². The van der Waals surface area contributed by atoms with Gasteiger partial charge in [0.05, 0.1) is 7.11 Å². The summed E-state index contributed by atoms with van der Waals surface area (Å²) in [4.78, 5) is 14.9. The molecule has 0 bridgehead atoms. The highest BCUT2D eigenvalue weighted by atomic mass is 32.2. The van der Waals surface area contributed by atoms with Crippen molar-refractivity contribution in [1.82, 2.24) is 0 Å². The van der Waals surface area contributed by atoms with Gasteiger partial charge in [0, 0.05) is 20.9 Å². The Morgan fingerprint density at radius 1 is 0.833 bits per heavy atom. The summed E-state index contributed by atoms with van der Waals surface area (Å²) in [5.41, 5.74) is 2.56. The molecule has 3 aromatic rings. The van der Waals surface area contributed by atoms with Gasteiger partial charge in [-0.15, -0.1) is 0 Å². The summed E-state index contributed by atoms with van der Waals surface area (Å²) in [6, 6.07) is 23.4. The summed E-state index contributed by atoms with van der Waals surface area (Å²) in [5, 5.41) is 0. The summed E-state index contributed by atoms with van der Waals surface area (Å²) in [6.07, 6.45) is 0. The predicted octanol–water partition coefficient (Wildman–Crippen LogP) is 5.39. The number of aryl methyl sites for hydroxylation is 1. The number of methoxy groups -OCH3 is 1. The summed E-state index contributed by atoms with van der Waals surface area (Å²) >= 11 is 1.69. The molecule has 0 heterocycles. The molecule has 0 saturated heterocycles. The number of carbonyl (C=O) groups is 1. The molecule has 0 saturated carbocycles. The van der Waals surface area contributed by atoms with Crippen molar-refractivity contribution in [2.24, 2.45) is 0 Å². The van der Waals surface area contributed by atoms with Crippen LogP contribution in [0.2, 0.25) is 0 Å². The second-order valence-electron chi connectivity index (χ2n) is 5.50. The fourth-order valence-corrected chi connectivity index (χ4v) is 3.16. The van der Waals surface area contributed by atoms with Gasteiger partial charge >= 0.3 is 0 Å². The zero-order chi connectivity index (χ0) is 16.9. The van der Waals surface area contributed by atoms with E-state index in [1.807, 2.05) is 36.4 Å². The lowest BCUT2D eigenvalue weighted by molar-refractivity contribution is 0.103. The number of benzene rings is 3. The van der Waals surface area contributed by atoms with Gasteiger partial charge in [0.1, 0.15) is 5.75 Å². The number of rotatable bonds is 5. The van der Waals surface area contributed by atoms with Crippen LogP contribution in [-0.4, -0.2) is 12.9 Å². The van der Waals surface area contributed by atoms with Crippen molar-refractivity contribution in [3.8, 4) is 5.75 Å². The molecule has 120 valence electrons. The van der Waals surface area contributed by atoms with Gasteiger partial charge in [0.15, 0.2) is 5.78 Å². The Labute approximate surface area is 146 Å². The van der Waals surface area contributed by atoms with E-state index in [-0.39, 0.29) is 5.78 Å². The quantitative estimate of drug-likeness (QED) is 0.586. The van der Waals surface area contributed by atoms with E-state index in [0.717, 1.165) is 4.90 Å². The smallest absolute Gasteiger partial charge is 0.193 e. The Kier molecular flexibility index (Phi) is 5.02. The minimum absolute atomic E-state index is 0.000728. The number of ether oxygens (including phenoxy) is 1. The van der Waals surface area contributed by atoms with Gasteiger partial charge in [-0.3, -0.25) is 4.79 Å². The van der Waals surface area contributed by atoms with E-state index < -0.39 is 0 Å². The van der Waals surface area contributed by atoms with Gasteiger partial charge in [-0.2, -0.15) is 0 Å². The van der Waals surface area contributed by atoms with Crippen molar-refractivity contribution >= 4 is 17.5 Å². The molecule has 0 aliphatic rings. The second kappa shape index (κ2) is 7.37. The lowest BCUT2D eigenvalue weighted by Crippen LogP contribution is -2.01. The maximum Gasteiger partial charge on any atom is 0.193 e. The molecule has 0 aromatic heterocycles. The minimum atomic E-state index is 0.000728. The van der Waals surface area contributed by atoms with Crippen LogP contribution in [0.3, 0.4) is 0 Å². The first-order valence-corrected chi connectivity index (χ1v) is 8.51. The maximum atomic E-state index is 12.6. The number of hydrogen-bond donors (Lipinski definition) is 0. The Balaban J connectivity index is 1.76. The van der Waals surface area contributed by atoms with Crippen LogP contribution in [0.4, 0.5) is 0 Å². The van der Waals surface area contributed by atoms with Crippen molar-refractivity contribution in [2.45, 2.75) is 16.7 Å². The third kappa shape index (κ3) is 3.87. The van der Waals surface area contributed by atoms with Crippen molar-refractivity contribution < 1.29 is 9.53 Å². The third-order valence-electron chi connectivity index (χ3n) is 3.71. The van der Waals surface area contributed by atoms with Gasteiger partial charge in [-0.05, 0) is 55.5 Å². The van der Waals surface area contributed by atoms with Crippen molar-refractivity contribution in [3.63, 3.8) is 0 Å². The average molecular weight is 334 g/mol. The van der Waals surface area contributed by atoms with Crippen LogP contribution in [0, 0.1) is 6.92 Å².